The van der Waals surface area contributed by atoms with Crippen LogP contribution >= 0.6 is 27.5 Å². The van der Waals surface area contributed by atoms with Crippen molar-refractivity contribution >= 4 is 27.5 Å². The molecule has 66 valence electrons. The summed E-state index contributed by atoms with van der Waals surface area (Å²) in [5.74, 6) is -0.477. The summed E-state index contributed by atoms with van der Waals surface area (Å²) in [7, 11) is 0. The highest BCUT2D eigenvalue weighted by atomic mass is 79.9. The molecule has 1 N–H and O–H groups in total. The highest BCUT2D eigenvalue weighted by molar-refractivity contribution is 9.09. The summed E-state index contributed by atoms with van der Waals surface area (Å²) in [4.78, 5) is 0. The van der Waals surface area contributed by atoms with Gasteiger partial charge in [-0.1, -0.05) is 33.6 Å². The lowest BCUT2D eigenvalue weighted by Gasteiger charge is -2.07. The van der Waals surface area contributed by atoms with Crippen molar-refractivity contribution in [2.75, 3.05) is 5.33 Å². The number of aliphatic hydroxyl groups is 1. The summed E-state index contributed by atoms with van der Waals surface area (Å²) in [5.41, 5.74) is 0.260. The summed E-state index contributed by atoms with van der Waals surface area (Å²) in [6.07, 6.45) is -0.817. The van der Waals surface area contributed by atoms with E-state index in [1.165, 1.54) is 12.1 Å². The van der Waals surface area contributed by atoms with Crippen LogP contribution < -0.4 is 0 Å². The van der Waals surface area contributed by atoms with E-state index in [9.17, 15) is 9.50 Å². The van der Waals surface area contributed by atoms with Crippen molar-refractivity contribution in [2.45, 2.75) is 6.10 Å². The number of alkyl halides is 1. The first-order valence-corrected chi connectivity index (χ1v) is 4.84. The Labute approximate surface area is 83.3 Å². The molecule has 1 nitrogen and oxygen atoms in total. The largest absolute Gasteiger partial charge is 0.387 e. The van der Waals surface area contributed by atoms with Gasteiger partial charge in [-0.3, -0.25) is 0 Å². The van der Waals surface area contributed by atoms with Gasteiger partial charge in [0.05, 0.1) is 6.10 Å². The molecule has 1 aromatic rings. The molecule has 0 aliphatic heterocycles. The molecule has 1 aromatic carbocycles. The van der Waals surface area contributed by atoms with Crippen LogP contribution in [0.3, 0.4) is 0 Å². The van der Waals surface area contributed by atoms with E-state index in [4.69, 9.17) is 11.6 Å². The Balaban J connectivity index is 3.01. The third kappa shape index (κ3) is 2.19. The zero-order chi connectivity index (χ0) is 9.14. The van der Waals surface area contributed by atoms with E-state index in [0.717, 1.165) is 0 Å². The second-order valence-corrected chi connectivity index (χ2v) is 3.42. The highest BCUT2D eigenvalue weighted by Crippen LogP contribution is 2.21. The molecule has 0 fully saturated rings. The van der Waals surface area contributed by atoms with Crippen LogP contribution in [-0.2, 0) is 0 Å². The summed E-state index contributed by atoms with van der Waals surface area (Å²) in [6, 6.07) is 4.21. The van der Waals surface area contributed by atoms with Crippen LogP contribution in [0.5, 0.6) is 0 Å². The lowest BCUT2D eigenvalue weighted by atomic mass is 10.1. The SMILES string of the molecule is OC(CBr)c1ccc(Cl)cc1F. The first-order valence-electron chi connectivity index (χ1n) is 3.34. The molecule has 0 heterocycles. The van der Waals surface area contributed by atoms with E-state index in [1.54, 1.807) is 6.07 Å². The first-order chi connectivity index (χ1) is 5.65. The number of hydrogen-bond donors (Lipinski definition) is 1. The highest BCUT2D eigenvalue weighted by Gasteiger charge is 2.10. The third-order valence-corrected chi connectivity index (χ3v) is 2.32. The summed E-state index contributed by atoms with van der Waals surface area (Å²) >= 11 is 8.59. The van der Waals surface area contributed by atoms with Gasteiger partial charge < -0.3 is 5.11 Å². The molecule has 1 unspecified atom stereocenters. The molecule has 0 bridgehead atoms. The maximum Gasteiger partial charge on any atom is 0.130 e. The number of halogens is 3. The van der Waals surface area contributed by atoms with Crippen molar-refractivity contribution in [1.82, 2.24) is 0 Å². The van der Waals surface area contributed by atoms with Gasteiger partial charge in [-0.25, -0.2) is 4.39 Å². The minimum atomic E-state index is -0.817. The number of hydrogen-bond acceptors (Lipinski definition) is 1. The van der Waals surface area contributed by atoms with Crippen LogP contribution in [0, 0.1) is 5.82 Å². The van der Waals surface area contributed by atoms with Crippen LogP contribution in [0.4, 0.5) is 4.39 Å². The van der Waals surface area contributed by atoms with Gasteiger partial charge in [0.1, 0.15) is 5.82 Å². The fraction of sp³-hybridized carbons (Fsp3) is 0.250. The topological polar surface area (TPSA) is 20.2 Å². The van der Waals surface area contributed by atoms with Crippen LogP contribution in [-0.4, -0.2) is 10.4 Å². The molecule has 0 spiro atoms. The molecule has 0 aliphatic carbocycles. The fourth-order valence-electron chi connectivity index (χ4n) is 0.855. The van der Waals surface area contributed by atoms with E-state index in [0.29, 0.717) is 10.4 Å². The second-order valence-electron chi connectivity index (χ2n) is 2.34. The molecule has 0 amide bonds. The van der Waals surface area contributed by atoms with Crippen molar-refractivity contribution < 1.29 is 9.50 Å². The molecule has 0 aromatic heterocycles. The van der Waals surface area contributed by atoms with Crippen molar-refractivity contribution in [2.24, 2.45) is 0 Å². The van der Waals surface area contributed by atoms with Gasteiger partial charge in [0.15, 0.2) is 0 Å². The van der Waals surface area contributed by atoms with Crippen molar-refractivity contribution in [3.8, 4) is 0 Å². The molecule has 0 aliphatic rings. The quantitative estimate of drug-likeness (QED) is 0.804. The Bertz CT molecular complexity index is 280. The zero-order valence-electron chi connectivity index (χ0n) is 6.10. The minimum Gasteiger partial charge on any atom is -0.387 e. The molecule has 1 atom stereocenters. The Morgan fingerprint density at radius 2 is 2.25 bits per heavy atom. The van der Waals surface area contributed by atoms with Gasteiger partial charge >= 0.3 is 0 Å². The van der Waals surface area contributed by atoms with E-state index in [-0.39, 0.29) is 5.56 Å². The standard InChI is InChI=1S/C8H7BrClFO/c9-4-8(12)6-2-1-5(10)3-7(6)11/h1-3,8,12H,4H2. The predicted octanol–water partition coefficient (Wildman–Crippen LogP) is 2.91. The van der Waals surface area contributed by atoms with Crippen molar-refractivity contribution in [1.29, 1.82) is 0 Å². The molecule has 0 radical (unpaired) electrons. The Morgan fingerprint density at radius 1 is 1.58 bits per heavy atom. The van der Waals surface area contributed by atoms with Crippen molar-refractivity contribution in [3.05, 3.63) is 34.6 Å². The van der Waals surface area contributed by atoms with E-state index in [1.807, 2.05) is 0 Å². The molecule has 0 saturated heterocycles. The predicted molar refractivity (Wildman–Crippen MR) is 50.2 cm³/mol. The second kappa shape index (κ2) is 4.21. The lowest BCUT2D eigenvalue weighted by molar-refractivity contribution is 0.200. The molecule has 0 saturated carbocycles. The van der Waals surface area contributed by atoms with E-state index >= 15 is 0 Å². The van der Waals surface area contributed by atoms with Gasteiger partial charge in [-0.15, -0.1) is 0 Å². The Kier molecular flexibility index (Phi) is 3.50. The first kappa shape index (κ1) is 9.96. The maximum atomic E-state index is 13.0. The number of benzene rings is 1. The van der Waals surface area contributed by atoms with Crippen LogP contribution in [0.2, 0.25) is 5.02 Å². The molecule has 1 rings (SSSR count). The molecular weight excluding hydrogens is 246 g/mol. The molecule has 4 heteroatoms. The fourth-order valence-corrected chi connectivity index (χ4v) is 1.36. The van der Waals surface area contributed by atoms with Crippen LogP contribution in [0.15, 0.2) is 18.2 Å². The number of rotatable bonds is 2. The van der Waals surface area contributed by atoms with Gasteiger partial charge in [0.25, 0.3) is 0 Å². The molecule has 12 heavy (non-hydrogen) atoms. The van der Waals surface area contributed by atoms with Gasteiger partial charge in [-0.05, 0) is 12.1 Å². The van der Waals surface area contributed by atoms with Crippen molar-refractivity contribution in [3.63, 3.8) is 0 Å². The third-order valence-electron chi connectivity index (χ3n) is 1.47. The van der Waals surface area contributed by atoms with Crippen LogP contribution in [0.25, 0.3) is 0 Å². The smallest absolute Gasteiger partial charge is 0.130 e. The molecular formula is C8H7BrClFO. The summed E-state index contributed by atoms with van der Waals surface area (Å²) < 4.78 is 13.0. The minimum absolute atomic E-state index is 0.260. The van der Waals surface area contributed by atoms with E-state index < -0.39 is 11.9 Å². The van der Waals surface area contributed by atoms with Gasteiger partial charge in [-0.2, -0.15) is 0 Å². The summed E-state index contributed by atoms with van der Waals surface area (Å²) in [6.45, 7) is 0. The monoisotopic (exact) mass is 252 g/mol. The number of aliphatic hydroxyl groups excluding tert-OH is 1. The van der Waals surface area contributed by atoms with Gasteiger partial charge in [0.2, 0.25) is 0 Å². The maximum absolute atomic E-state index is 13.0. The average Bonchev–Trinajstić information content (AvgIpc) is 2.03. The Morgan fingerprint density at radius 3 is 2.75 bits per heavy atom. The normalized spacial score (nSPS) is 13.0. The van der Waals surface area contributed by atoms with Crippen LogP contribution in [0.1, 0.15) is 11.7 Å². The van der Waals surface area contributed by atoms with E-state index in [2.05, 4.69) is 15.9 Å². The van der Waals surface area contributed by atoms with Gasteiger partial charge in [0, 0.05) is 15.9 Å². The lowest BCUT2D eigenvalue weighted by Crippen LogP contribution is -2.01. The average molecular weight is 253 g/mol. The Hall–Kier alpha value is -0.120. The zero-order valence-corrected chi connectivity index (χ0v) is 8.44. The summed E-state index contributed by atoms with van der Waals surface area (Å²) in [5, 5.41) is 9.91.